The maximum absolute atomic E-state index is 13.2. The van der Waals surface area contributed by atoms with Crippen LogP contribution in [0.3, 0.4) is 0 Å². The summed E-state index contributed by atoms with van der Waals surface area (Å²) in [6.07, 6.45) is 3.11. The van der Waals surface area contributed by atoms with E-state index in [1.54, 1.807) is 36.4 Å². The molecule has 2 aromatic rings. The van der Waals surface area contributed by atoms with Crippen LogP contribution in [0.5, 0.6) is 11.5 Å². The first-order chi connectivity index (χ1) is 17.3. The number of amides is 1. The molecule has 1 fully saturated rings. The number of hydrogen-bond acceptors (Lipinski definition) is 6. The van der Waals surface area contributed by atoms with Crippen molar-refractivity contribution in [3.63, 3.8) is 0 Å². The molecule has 1 atom stereocenters. The van der Waals surface area contributed by atoms with Crippen molar-refractivity contribution in [3.05, 3.63) is 64.2 Å². The fraction of sp³-hybridized carbons (Fsp3) is 0.429. The van der Waals surface area contributed by atoms with E-state index in [0.29, 0.717) is 54.0 Å². The van der Waals surface area contributed by atoms with Crippen molar-refractivity contribution in [2.24, 2.45) is 0 Å². The summed E-state index contributed by atoms with van der Waals surface area (Å²) in [6, 6.07) is 11.2. The highest BCUT2D eigenvalue weighted by molar-refractivity contribution is 6.46. The highest BCUT2D eigenvalue weighted by Crippen LogP contribution is 2.42. The minimum atomic E-state index is -0.769. The minimum absolute atomic E-state index is 0.0418. The molecule has 0 bridgehead atoms. The number of carbonyl (C=O) groups excluding carboxylic acids is 2. The normalized spacial score (nSPS) is 17.2. The molecule has 0 aliphatic carbocycles. The Balaban J connectivity index is 2.08. The maximum Gasteiger partial charge on any atom is 0.295 e. The highest BCUT2D eigenvalue weighted by atomic mass is 35.5. The van der Waals surface area contributed by atoms with Gasteiger partial charge >= 0.3 is 0 Å². The molecule has 7 nitrogen and oxygen atoms in total. The summed E-state index contributed by atoms with van der Waals surface area (Å²) < 4.78 is 11.8. The number of nitrogens with zero attached hydrogens (tertiary/aromatic N) is 2. The first-order valence-electron chi connectivity index (χ1n) is 12.4. The second-order valence-corrected chi connectivity index (χ2v) is 9.43. The van der Waals surface area contributed by atoms with Crippen LogP contribution in [-0.4, -0.2) is 67.0 Å². The van der Waals surface area contributed by atoms with E-state index in [1.165, 1.54) is 4.90 Å². The van der Waals surface area contributed by atoms with Gasteiger partial charge in [0.2, 0.25) is 0 Å². The molecule has 0 spiro atoms. The van der Waals surface area contributed by atoms with Crippen LogP contribution in [0, 0.1) is 0 Å². The predicted octanol–water partition coefficient (Wildman–Crippen LogP) is 5.29. The lowest BCUT2D eigenvalue weighted by atomic mass is 9.95. The molecule has 3 rings (SSSR count). The third-order valence-electron chi connectivity index (χ3n) is 6.03. The third kappa shape index (κ3) is 6.39. The number of ether oxygens (including phenoxy) is 2. The zero-order chi connectivity index (χ0) is 26.2. The number of Topliss-reactive ketones (excluding diaryl/α,β-unsaturated/α-hetero) is 1. The third-order valence-corrected chi connectivity index (χ3v) is 6.29. The standard InChI is InChI=1S/C28H35ClN2O5/c1-5-7-8-17-36-22-14-11-20(18-23(22)35-6-2)25-24(26(32)19-9-12-21(29)13-10-19)27(33)28(34)31(25)16-15-30(3)4/h9-14,18,25,32H,5-8,15-17H2,1-4H3/b26-24+. The molecule has 1 aliphatic heterocycles. The number of likely N-dealkylation sites (N-methyl/N-ethyl adjacent to an activating group) is 1. The largest absolute Gasteiger partial charge is 0.507 e. The molecule has 0 saturated carbocycles. The van der Waals surface area contributed by atoms with Crippen LogP contribution in [0.2, 0.25) is 5.02 Å². The van der Waals surface area contributed by atoms with Crippen LogP contribution in [0.1, 0.15) is 50.3 Å². The van der Waals surface area contributed by atoms with Crippen LogP contribution in [-0.2, 0) is 9.59 Å². The van der Waals surface area contributed by atoms with Gasteiger partial charge in [-0.05, 0) is 69.4 Å². The molecule has 0 aromatic heterocycles. The Bertz CT molecular complexity index is 1100. The van der Waals surface area contributed by atoms with Crippen LogP contribution >= 0.6 is 11.6 Å². The molecule has 1 unspecified atom stereocenters. The van der Waals surface area contributed by atoms with Crippen molar-refractivity contribution in [2.45, 2.75) is 39.2 Å². The molecule has 1 aliphatic rings. The lowest BCUT2D eigenvalue weighted by molar-refractivity contribution is -0.140. The van der Waals surface area contributed by atoms with Gasteiger partial charge in [-0.3, -0.25) is 9.59 Å². The number of carbonyl (C=O) groups is 2. The Labute approximate surface area is 218 Å². The number of benzene rings is 2. The number of aliphatic hydroxyl groups excluding tert-OH is 1. The summed E-state index contributed by atoms with van der Waals surface area (Å²) in [5, 5.41) is 11.7. The van der Waals surface area contributed by atoms with E-state index in [1.807, 2.05) is 32.0 Å². The number of aliphatic hydroxyl groups is 1. The number of hydrogen-bond donors (Lipinski definition) is 1. The predicted molar refractivity (Wildman–Crippen MR) is 142 cm³/mol. The molecule has 8 heteroatoms. The Morgan fingerprint density at radius 2 is 1.75 bits per heavy atom. The lowest BCUT2D eigenvalue weighted by Gasteiger charge is -2.27. The van der Waals surface area contributed by atoms with Crippen molar-refractivity contribution >= 4 is 29.1 Å². The van der Waals surface area contributed by atoms with E-state index >= 15 is 0 Å². The molecule has 2 aromatic carbocycles. The average Bonchev–Trinajstić information content (AvgIpc) is 3.11. The van der Waals surface area contributed by atoms with E-state index in [4.69, 9.17) is 21.1 Å². The van der Waals surface area contributed by atoms with Crippen molar-refractivity contribution in [1.82, 2.24) is 9.80 Å². The van der Waals surface area contributed by atoms with Crippen molar-refractivity contribution in [3.8, 4) is 11.5 Å². The average molecular weight is 515 g/mol. The van der Waals surface area contributed by atoms with Gasteiger partial charge in [0.25, 0.3) is 11.7 Å². The summed E-state index contributed by atoms with van der Waals surface area (Å²) >= 11 is 6.00. The van der Waals surface area contributed by atoms with E-state index < -0.39 is 17.7 Å². The molecular weight excluding hydrogens is 480 g/mol. The van der Waals surface area contributed by atoms with Gasteiger partial charge in [-0.25, -0.2) is 0 Å². The Morgan fingerprint density at radius 3 is 2.39 bits per heavy atom. The fourth-order valence-corrected chi connectivity index (χ4v) is 4.27. The quantitative estimate of drug-likeness (QED) is 0.179. The molecule has 1 amide bonds. The van der Waals surface area contributed by atoms with Gasteiger partial charge in [0.15, 0.2) is 11.5 Å². The van der Waals surface area contributed by atoms with E-state index in [-0.39, 0.29) is 11.3 Å². The second-order valence-electron chi connectivity index (χ2n) is 9.00. The van der Waals surface area contributed by atoms with Gasteiger partial charge in [-0.15, -0.1) is 0 Å². The zero-order valence-corrected chi connectivity index (χ0v) is 22.2. The van der Waals surface area contributed by atoms with Crippen LogP contribution in [0.15, 0.2) is 48.0 Å². The van der Waals surface area contributed by atoms with E-state index in [9.17, 15) is 14.7 Å². The van der Waals surface area contributed by atoms with Gasteiger partial charge in [-0.1, -0.05) is 37.4 Å². The molecule has 1 saturated heterocycles. The lowest BCUT2D eigenvalue weighted by Crippen LogP contribution is -2.35. The van der Waals surface area contributed by atoms with E-state index in [2.05, 4.69) is 6.92 Å². The van der Waals surface area contributed by atoms with Gasteiger partial charge in [-0.2, -0.15) is 0 Å². The first-order valence-corrected chi connectivity index (χ1v) is 12.7. The maximum atomic E-state index is 13.2. The highest BCUT2D eigenvalue weighted by Gasteiger charge is 2.46. The minimum Gasteiger partial charge on any atom is -0.507 e. The Hall–Kier alpha value is -3.03. The smallest absolute Gasteiger partial charge is 0.295 e. The van der Waals surface area contributed by atoms with Crippen LogP contribution in [0.25, 0.3) is 5.76 Å². The molecular formula is C28H35ClN2O5. The number of ketones is 1. The summed E-state index contributed by atoms with van der Waals surface area (Å²) in [6.45, 7) is 5.90. The number of likely N-dealkylation sites (tertiary alicyclic amines) is 1. The number of rotatable bonds is 12. The van der Waals surface area contributed by atoms with Crippen LogP contribution < -0.4 is 9.47 Å². The van der Waals surface area contributed by atoms with Gasteiger partial charge in [0.05, 0.1) is 24.8 Å². The first kappa shape index (κ1) is 27.6. The topological polar surface area (TPSA) is 79.3 Å². The molecule has 1 heterocycles. The monoisotopic (exact) mass is 514 g/mol. The fourth-order valence-electron chi connectivity index (χ4n) is 4.14. The van der Waals surface area contributed by atoms with Gasteiger partial charge < -0.3 is 24.4 Å². The van der Waals surface area contributed by atoms with Crippen LogP contribution in [0.4, 0.5) is 0 Å². The molecule has 194 valence electrons. The zero-order valence-electron chi connectivity index (χ0n) is 21.4. The molecule has 1 N–H and O–H groups in total. The van der Waals surface area contributed by atoms with Gasteiger partial charge in [0, 0.05) is 23.7 Å². The second kappa shape index (κ2) is 12.8. The summed E-state index contributed by atoms with van der Waals surface area (Å²) in [5.41, 5.74) is 1.11. The van der Waals surface area contributed by atoms with Gasteiger partial charge in [0.1, 0.15) is 5.76 Å². The van der Waals surface area contributed by atoms with E-state index in [0.717, 1.165) is 19.3 Å². The van der Waals surface area contributed by atoms with Crippen molar-refractivity contribution in [2.75, 3.05) is 40.4 Å². The summed E-state index contributed by atoms with van der Waals surface area (Å²) in [7, 11) is 3.80. The molecule has 36 heavy (non-hydrogen) atoms. The van der Waals surface area contributed by atoms with Crippen molar-refractivity contribution in [1.29, 1.82) is 0 Å². The summed E-state index contributed by atoms with van der Waals surface area (Å²) in [4.78, 5) is 29.8. The summed E-state index contributed by atoms with van der Waals surface area (Å²) in [5.74, 6) is -0.449. The Kier molecular flexibility index (Phi) is 9.79. The SMILES string of the molecule is CCCCCOc1ccc(C2/C(=C(\O)c3ccc(Cl)cc3)C(=O)C(=O)N2CCN(C)C)cc1OCC. The molecule has 0 radical (unpaired) electrons. The Morgan fingerprint density at radius 1 is 1.03 bits per heavy atom. The number of halogens is 1. The number of unbranched alkanes of at least 4 members (excludes halogenated alkanes) is 2. The van der Waals surface area contributed by atoms with Crippen molar-refractivity contribution < 1.29 is 24.2 Å².